The average Bonchev–Trinajstić information content (AvgIpc) is 2.72. The Morgan fingerprint density at radius 1 is 1.04 bits per heavy atom. The average molecular weight is 386 g/mol. The van der Waals surface area contributed by atoms with E-state index in [0.717, 1.165) is 5.39 Å². The van der Waals surface area contributed by atoms with Gasteiger partial charge in [-0.2, -0.15) is 0 Å². The Morgan fingerprint density at radius 3 is 2.25 bits per heavy atom. The lowest BCUT2D eigenvalue weighted by atomic mass is 9.94. The number of benzene rings is 2. The highest BCUT2D eigenvalue weighted by Crippen LogP contribution is 2.29. The predicted molar refractivity (Wildman–Crippen MR) is 100 cm³/mol. The highest BCUT2D eigenvalue weighted by molar-refractivity contribution is 6.25. The number of hydrogen-bond acceptors (Lipinski definition) is 6. The molecule has 2 aromatic rings. The van der Waals surface area contributed by atoms with Crippen LogP contribution in [-0.2, 0) is 14.3 Å². The minimum Gasteiger partial charge on any atom is -0.378 e. The molecule has 1 atom stereocenters. The van der Waals surface area contributed by atoms with Gasteiger partial charge in [0.2, 0.25) is 5.91 Å². The van der Waals surface area contributed by atoms with E-state index >= 15 is 0 Å². The molecule has 2 aromatic carbocycles. The number of imide groups is 1. The molecular formula is C20H22N2O6. The lowest BCUT2D eigenvalue weighted by Crippen LogP contribution is -2.42. The molecule has 0 aliphatic carbocycles. The van der Waals surface area contributed by atoms with Gasteiger partial charge in [-0.15, -0.1) is 0 Å². The van der Waals surface area contributed by atoms with Crippen molar-refractivity contribution in [2.45, 2.75) is 6.92 Å². The van der Waals surface area contributed by atoms with E-state index in [9.17, 15) is 14.4 Å². The Labute approximate surface area is 162 Å². The van der Waals surface area contributed by atoms with Crippen LogP contribution >= 0.6 is 0 Å². The molecule has 0 bridgehead atoms. The first-order chi connectivity index (χ1) is 13.5. The van der Waals surface area contributed by atoms with Crippen LogP contribution in [0, 0.1) is 5.92 Å². The molecule has 8 heteroatoms. The van der Waals surface area contributed by atoms with Gasteiger partial charge >= 0.3 is 0 Å². The van der Waals surface area contributed by atoms with E-state index in [1.165, 1.54) is 4.90 Å². The second kappa shape index (κ2) is 8.92. The number of nitrogens with zero attached hydrogens (tertiary/aromatic N) is 1. The Kier molecular flexibility index (Phi) is 6.35. The van der Waals surface area contributed by atoms with Crippen molar-refractivity contribution in [1.82, 2.24) is 10.4 Å². The van der Waals surface area contributed by atoms with E-state index in [4.69, 9.17) is 14.7 Å². The van der Waals surface area contributed by atoms with E-state index in [1.54, 1.807) is 36.7 Å². The third kappa shape index (κ3) is 4.04. The van der Waals surface area contributed by atoms with Crippen LogP contribution in [0.2, 0.25) is 0 Å². The molecule has 28 heavy (non-hydrogen) atoms. The zero-order chi connectivity index (χ0) is 20.1. The summed E-state index contributed by atoms with van der Waals surface area (Å²) in [5.74, 6) is -1.63. The van der Waals surface area contributed by atoms with Gasteiger partial charge in [-0.25, -0.2) is 5.48 Å². The molecule has 1 aliphatic heterocycles. The summed E-state index contributed by atoms with van der Waals surface area (Å²) in [5, 5.41) is 10.1. The Bertz CT molecular complexity index is 847. The molecular weight excluding hydrogens is 364 g/mol. The first-order valence-corrected chi connectivity index (χ1v) is 9.02. The number of carbonyl (C=O) groups excluding carboxylic acids is 3. The van der Waals surface area contributed by atoms with Crippen molar-refractivity contribution < 1.29 is 29.1 Å². The number of nitrogens with one attached hydrogen (secondary N) is 1. The fourth-order valence-corrected chi connectivity index (χ4v) is 3.11. The predicted octanol–water partition coefficient (Wildman–Crippen LogP) is 1.61. The van der Waals surface area contributed by atoms with Crippen LogP contribution in [0.15, 0.2) is 36.4 Å². The highest BCUT2D eigenvalue weighted by Gasteiger charge is 2.32. The van der Waals surface area contributed by atoms with E-state index in [1.807, 2.05) is 12.1 Å². The molecule has 3 rings (SSSR count). The van der Waals surface area contributed by atoms with Crippen molar-refractivity contribution in [2.75, 3.05) is 33.0 Å². The summed E-state index contributed by atoms with van der Waals surface area (Å²) in [5.41, 5.74) is 2.61. The first-order valence-electron chi connectivity index (χ1n) is 9.02. The molecule has 3 amide bonds. The van der Waals surface area contributed by atoms with E-state index in [2.05, 4.69) is 0 Å². The third-order valence-electron chi connectivity index (χ3n) is 4.61. The first kappa shape index (κ1) is 19.9. The number of hydroxylamine groups is 1. The minimum absolute atomic E-state index is 0.145. The maximum Gasteiger partial charge on any atom is 0.261 e. The number of rotatable bonds is 9. The van der Waals surface area contributed by atoms with E-state index in [0.29, 0.717) is 16.5 Å². The van der Waals surface area contributed by atoms with Crippen LogP contribution in [0.25, 0.3) is 10.8 Å². The number of hydrogen-bond donors (Lipinski definition) is 2. The minimum atomic E-state index is -0.515. The standard InChI is InChI=1S/C20H22N2O6/c1-13(18(23)21-26)12-28-11-10-27-9-8-22-19(24)15-6-2-4-14-5-3-7-16(17(14)15)20(22)25/h2-7,13,26H,8-12H2,1H3,(H,21,23). The molecule has 0 fully saturated rings. The van der Waals surface area contributed by atoms with Crippen LogP contribution in [-0.4, -0.2) is 60.8 Å². The lowest BCUT2D eigenvalue weighted by Gasteiger charge is -2.27. The topological polar surface area (TPSA) is 105 Å². The smallest absolute Gasteiger partial charge is 0.261 e. The van der Waals surface area contributed by atoms with Crippen LogP contribution in [0.4, 0.5) is 0 Å². The molecule has 1 unspecified atom stereocenters. The number of ether oxygens (including phenoxy) is 2. The fraction of sp³-hybridized carbons (Fsp3) is 0.350. The quantitative estimate of drug-likeness (QED) is 0.294. The zero-order valence-corrected chi connectivity index (χ0v) is 15.5. The van der Waals surface area contributed by atoms with Crippen molar-refractivity contribution in [2.24, 2.45) is 5.92 Å². The van der Waals surface area contributed by atoms with Crippen molar-refractivity contribution in [3.63, 3.8) is 0 Å². The summed E-state index contributed by atoms with van der Waals surface area (Å²) in [6.45, 7) is 2.62. The summed E-state index contributed by atoms with van der Waals surface area (Å²) in [7, 11) is 0. The second-order valence-corrected chi connectivity index (χ2v) is 6.54. The summed E-state index contributed by atoms with van der Waals surface area (Å²) >= 11 is 0. The van der Waals surface area contributed by atoms with E-state index < -0.39 is 11.8 Å². The monoisotopic (exact) mass is 386 g/mol. The molecule has 0 aromatic heterocycles. The lowest BCUT2D eigenvalue weighted by molar-refractivity contribution is -0.134. The second-order valence-electron chi connectivity index (χ2n) is 6.54. The van der Waals surface area contributed by atoms with Crippen molar-refractivity contribution in [3.05, 3.63) is 47.5 Å². The van der Waals surface area contributed by atoms with Crippen molar-refractivity contribution in [1.29, 1.82) is 0 Å². The van der Waals surface area contributed by atoms with Gasteiger partial charge in [-0.1, -0.05) is 31.2 Å². The number of amides is 3. The van der Waals surface area contributed by atoms with Gasteiger partial charge in [-0.05, 0) is 17.5 Å². The number of carbonyl (C=O) groups is 3. The molecule has 2 N–H and O–H groups in total. The maximum atomic E-state index is 12.7. The SMILES string of the molecule is CC(COCCOCCN1C(=O)c2cccc3cccc(c23)C1=O)C(=O)NO. The molecule has 8 nitrogen and oxygen atoms in total. The van der Waals surface area contributed by atoms with Gasteiger partial charge in [0.25, 0.3) is 11.8 Å². The maximum absolute atomic E-state index is 12.7. The van der Waals surface area contributed by atoms with Gasteiger partial charge in [0.05, 0.1) is 38.9 Å². The normalized spacial score (nSPS) is 14.4. The Morgan fingerprint density at radius 2 is 1.64 bits per heavy atom. The molecule has 1 aliphatic rings. The summed E-state index contributed by atoms with van der Waals surface area (Å²) in [6, 6.07) is 10.8. The van der Waals surface area contributed by atoms with Crippen molar-refractivity contribution in [3.8, 4) is 0 Å². The van der Waals surface area contributed by atoms with E-state index in [-0.39, 0.29) is 44.8 Å². The van der Waals surface area contributed by atoms with Crippen molar-refractivity contribution >= 4 is 28.5 Å². The zero-order valence-electron chi connectivity index (χ0n) is 15.5. The summed E-state index contributed by atoms with van der Waals surface area (Å²) < 4.78 is 10.7. The van der Waals surface area contributed by atoms with Crippen LogP contribution in [0.1, 0.15) is 27.6 Å². The van der Waals surface area contributed by atoms with Crippen LogP contribution < -0.4 is 5.48 Å². The summed E-state index contributed by atoms with van der Waals surface area (Å²) in [6.07, 6.45) is 0. The van der Waals surface area contributed by atoms with Crippen LogP contribution in [0.3, 0.4) is 0 Å². The van der Waals surface area contributed by atoms with Gasteiger partial charge in [0.1, 0.15) is 0 Å². The summed E-state index contributed by atoms with van der Waals surface area (Å²) in [4.78, 5) is 37.8. The molecule has 0 saturated heterocycles. The molecule has 1 heterocycles. The van der Waals surface area contributed by atoms with Gasteiger partial charge < -0.3 is 9.47 Å². The third-order valence-corrected chi connectivity index (χ3v) is 4.61. The molecule has 0 radical (unpaired) electrons. The largest absolute Gasteiger partial charge is 0.378 e. The highest BCUT2D eigenvalue weighted by atomic mass is 16.5. The van der Waals surface area contributed by atoms with Gasteiger partial charge in [0.15, 0.2) is 0 Å². The molecule has 0 spiro atoms. The Hall–Kier alpha value is -2.81. The molecule has 148 valence electrons. The van der Waals surface area contributed by atoms with Crippen LogP contribution in [0.5, 0.6) is 0 Å². The Balaban J connectivity index is 1.49. The molecule has 0 saturated carbocycles. The van der Waals surface area contributed by atoms with Gasteiger partial charge in [-0.3, -0.25) is 24.5 Å². The fourth-order valence-electron chi connectivity index (χ4n) is 3.11. The van der Waals surface area contributed by atoms with Gasteiger partial charge in [0, 0.05) is 16.5 Å².